The molecule has 10 heteroatoms. The molecule has 0 aliphatic heterocycles. The maximum atomic E-state index is 12.0. The summed E-state index contributed by atoms with van der Waals surface area (Å²) >= 11 is 9.87. The first kappa shape index (κ1) is 15.4. The van der Waals surface area contributed by atoms with Crippen LogP contribution in [0.4, 0.5) is 0 Å². The molecular weight excluding hydrogens is 390 g/mol. The van der Waals surface area contributed by atoms with E-state index in [1.165, 1.54) is 12.3 Å². The number of amides is 1. The van der Waals surface area contributed by atoms with E-state index in [-0.39, 0.29) is 14.9 Å². The summed E-state index contributed by atoms with van der Waals surface area (Å²) in [5, 5.41) is 0.803. The number of halogens is 2. The lowest BCUT2D eigenvalue weighted by atomic mass is 10.5. The van der Waals surface area contributed by atoms with E-state index in [1.54, 1.807) is 6.92 Å². The number of aromatic nitrogens is 2. The lowest BCUT2D eigenvalue weighted by molar-refractivity contribution is 0.0985. The summed E-state index contributed by atoms with van der Waals surface area (Å²) in [6.07, 6.45) is 2.39. The summed E-state index contributed by atoms with van der Waals surface area (Å²) in [5.41, 5.74) is 0. The maximum Gasteiger partial charge on any atom is 0.276 e. The molecule has 0 radical (unpaired) electrons. The van der Waals surface area contributed by atoms with Gasteiger partial charge in [0.25, 0.3) is 15.9 Å². The number of nitrogens with zero attached hydrogens (tertiary/aromatic N) is 2. The molecule has 106 valence electrons. The van der Waals surface area contributed by atoms with Crippen molar-refractivity contribution in [3.05, 3.63) is 38.0 Å². The van der Waals surface area contributed by atoms with Crippen LogP contribution in [-0.4, -0.2) is 24.3 Å². The van der Waals surface area contributed by atoms with Gasteiger partial charge in [0.2, 0.25) is 0 Å². The molecule has 2 heterocycles. The van der Waals surface area contributed by atoms with Crippen molar-refractivity contribution in [3.63, 3.8) is 0 Å². The van der Waals surface area contributed by atoms with Crippen molar-refractivity contribution in [2.75, 3.05) is 0 Å². The van der Waals surface area contributed by atoms with Crippen LogP contribution in [0.25, 0.3) is 0 Å². The van der Waals surface area contributed by atoms with Gasteiger partial charge in [-0.3, -0.25) is 4.79 Å². The van der Waals surface area contributed by atoms with E-state index in [2.05, 4.69) is 25.9 Å². The van der Waals surface area contributed by atoms with E-state index in [1.807, 2.05) is 4.72 Å². The minimum absolute atomic E-state index is 0.133. The van der Waals surface area contributed by atoms with Crippen molar-refractivity contribution in [1.82, 2.24) is 14.7 Å². The summed E-state index contributed by atoms with van der Waals surface area (Å²) < 4.78 is 26.3. The zero-order valence-electron chi connectivity index (χ0n) is 9.92. The molecule has 2 aromatic heterocycles. The number of hydrogen-bond acceptors (Lipinski definition) is 6. The number of nitrogens with one attached hydrogen (secondary N) is 1. The van der Waals surface area contributed by atoms with Gasteiger partial charge >= 0.3 is 0 Å². The van der Waals surface area contributed by atoms with Gasteiger partial charge < -0.3 is 0 Å². The number of rotatable bonds is 3. The van der Waals surface area contributed by atoms with Crippen LogP contribution in [0.5, 0.6) is 0 Å². The predicted octanol–water partition coefficient (Wildman–Crippen LogP) is 2.38. The highest BCUT2D eigenvalue weighted by molar-refractivity contribution is 9.10. The molecule has 0 saturated heterocycles. The van der Waals surface area contributed by atoms with Gasteiger partial charge in [0.15, 0.2) is 0 Å². The molecular formula is C10H7BrClN3O3S2. The van der Waals surface area contributed by atoms with Crippen molar-refractivity contribution in [3.8, 4) is 0 Å². The Kier molecular flexibility index (Phi) is 4.43. The monoisotopic (exact) mass is 395 g/mol. The second kappa shape index (κ2) is 5.76. The van der Waals surface area contributed by atoms with Crippen molar-refractivity contribution in [1.29, 1.82) is 0 Å². The fourth-order valence-corrected chi connectivity index (χ4v) is 3.53. The summed E-state index contributed by atoms with van der Waals surface area (Å²) in [6, 6.07) is 1.27. The number of hydrogen-bond donors (Lipinski definition) is 1. The third-order valence-electron chi connectivity index (χ3n) is 2.15. The number of sulfonamides is 1. The van der Waals surface area contributed by atoms with E-state index < -0.39 is 15.9 Å². The summed E-state index contributed by atoms with van der Waals surface area (Å²) in [6.45, 7) is 1.72. The fourth-order valence-electron chi connectivity index (χ4n) is 1.25. The Labute approximate surface area is 132 Å². The van der Waals surface area contributed by atoms with E-state index in [4.69, 9.17) is 11.6 Å². The first-order chi connectivity index (χ1) is 9.29. The Morgan fingerprint density at radius 1 is 1.40 bits per heavy atom. The van der Waals surface area contributed by atoms with Crippen LogP contribution in [0.2, 0.25) is 5.15 Å². The highest BCUT2D eigenvalue weighted by atomic mass is 79.9. The summed E-state index contributed by atoms with van der Waals surface area (Å²) in [5.74, 6) is -0.735. The molecule has 0 unspecified atom stereocenters. The summed E-state index contributed by atoms with van der Waals surface area (Å²) in [7, 11) is -4.01. The Morgan fingerprint density at radius 2 is 2.10 bits per heavy atom. The molecule has 0 aromatic carbocycles. The number of pyridine rings is 1. The first-order valence-electron chi connectivity index (χ1n) is 5.10. The van der Waals surface area contributed by atoms with Gasteiger partial charge in [-0.05, 0) is 28.9 Å². The molecule has 0 spiro atoms. The van der Waals surface area contributed by atoms with Crippen molar-refractivity contribution < 1.29 is 13.2 Å². The number of carbonyl (C=O) groups excluding carboxylic acids is 1. The number of carbonyl (C=O) groups is 1. The van der Waals surface area contributed by atoms with Crippen LogP contribution >= 0.6 is 38.9 Å². The van der Waals surface area contributed by atoms with Crippen LogP contribution in [0, 0.1) is 6.92 Å². The Hall–Kier alpha value is -1.03. The Bertz CT molecular complexity index is 776. The third kappa shape index (κ3) is 3.35. The minimum Gasteiger partial charge on any atom is -0.267 e. The van der Waals surface area contributed by atoms with Crippen LogP contribution in [0.3, 0.4) is 0 Å². The highest BCUT2D eigenvalue weighted by Gasteiger charge is 2.21. The quantitative estimate of drug-likeness (QED) is 0.805. The van der Waals surface area contributed by atoms with Gasteiger partial charge in [-0.15, -0.1) is 11.3 Å². The normalized spacial score (nSPS) is 11.3. The zero-order valence-corrected chi connectivity index (χ0v) is 13.9. The van der Waals surface area contributed by atoms with Gasteiger partial charge in [-0.2, -0.15) is 0 Å². The smallest absolute Gasteiger partial charge is 0.267 e. The van der Waals surface area contributed by atoms with Gasteiger partial charge in [0.05, 0.1) is 15.7 Å². The number of aryl methyl sites for hydroxylation is 1. The van der Waals surface area contributed by atoms with Gasteiger partial charge in [0, 0.05) is 6.20 Å². The van der Waals surface area contributed by atoms with Crippen LogP contribution in [0.1, 0.15) is 14.7 Å². The van der Waals surface area contributed by atoms with Crippen LogP contribution in [-0.2, 0) is 10.0 Å². The summed E-state index contributed by atoms with van der Waals surface area (Å²) in [4.78, 5) is 19.5. The zero-order chi connectivity index (χ0) is 14.9. The first-order valence-corrected chi connectivity index (χ1v) is 8.57. The Morgan fingerprint density at radius 3 is 2.65 bits per heavy atom. The van der Waals surface area contributed by atoms with Gasteiger partial charge in [-0.1, -0.05) is 11.6 Å². The molecule has 2 aromatic rings. The lowest BCUT2D eigenvalue weighted by Gasteiger charge is -2.06. The molecule has 0 aliphatic rings. The number of thiazole rings is 1. The molecule has 0 saturated carbocycles. The van der Waals surface area contributed by atoms with Gasteiger partial charge in [-0.25, -0.2) is 23.1 Å². The minimum atomic E-state index is -4.01. The van der Waals surface area contributed by atoms with E-state index in [0.29, 0.717) is 9.48 Å². The highest BCUT2D eigenvalue weighted by Crippen LogP contribution is 2.23. The molecule has 0 bridgehead atoms. The fraction of sp³-hybridized carbons (Fsp3) is 0.100. The van der Waals surface area contributed by atoms with Crippen LogP contribution < -0.4 is 4.72 Å². The standard InChI is InChI=1S/C10H7BrClN3O3S2/c1-5-13-4-8(19-5)10(16)15-20(17,18)6-2-7(11)9(12)14-3-6/h2-4H,1H3,(H,15,16). The molecule has 2 rings (SSSR count). The molecule has 6 nitrogen and oxygen atoms in total. The predicted molar refractivity (Wildman–Crippen MR) is 78.5 cm³/mol. The lowest BCUT2D eigenvalue weighted by Crippen LogP contribution is -2.30. The van der Waals surface area contributed by atoms with E-state index in [9.17, 15) is 13.2 Å². The SMILES string of the molecule is Cc1ncc(C(=O)NS(=O)(=O)c2cnc(Cl)c(Br)c2)s1. The van der Waals surface area contributed by atoms with Crippen molar-refractivity contribution in [2.24, 2.45) is 0 Å². The van der Waals surface area contributed by atoms with E-state index in [0.717, 1.165) is 17.5 Å². The van der Waals surface area contributed by atoms with Crippen molar-refractivity contribution >= 4 is 54.8 Å². The molecule has 0 aliphatic carbocycles. The molecule has 1 N–H and O–H groups in total. The molecule has 20 heavy (non-hydrogen) atoms. The van der Waals surface area contributed by atoms with E-state index >= 15 is 0 Å². The van der Waals surface area contributed by atoms with Crippen LogP contribution in [0.15, 0.2) is 27.8 Å². The average Bonchev–Trinajstić information content (AvgIpc) is 2.79. The second-order valence-electron chi connectivity index (χ2n) is 3.62. The molecule has 0 atom stereocenters. The Balaban J connectivity index is 2.27. The van der Waals surface area contributed by atoms with Gasteiger partial charge in [0.1, 0.15) is 14.9 Å². The molecule has 1 amide bonds. The largest absolute Gasteiger partial charge is 0.276 e. The second-order valence-corrected chi connectivity index (χ2v) is 7.75. The maximum absolute atomic E-state index is 12.0. The topological polar surface area (TPSA) is 89.0 Å². The van der Waals surface area contributed by atoms with Crippen molar-refractivity contribution in [2.45, 2.75) is 11.8 Å². The molecule has 0 fully saturated rings. The average molecular weight is 397 g/mol. The third-order valence-corrected chi connectivity index (χ3v) is 5.50.